The minimum atomic E-state index is -4.58. The number of aromatic nitrogens is 1. The van der Waals surface area contributed by atoms with E-state index in [-0.39, 0.29) is 29.8 Å². The number of hydrogen-bond acceptors (Lipinski definition) is 6. The van der Waals surface area contributed by atoms with Gasteiger partial charge in [0.05, 0.1) is 17.3 Å². The fraction of sp³-hybridized carbons (Fsp3) is 0.516. The van der Waals surface area contributed by atoms with Crippen LogP contribution in [0, 0.1) is 11.3 Å². The third kappa shape index (κ3) is 3.35. The third-order valence-electron chi connectivity index (χ3n) is 10.5. The van der Waals surface area contributed by atoms with Crippen LogP contribution in [0.15, 0.2) is 59.3 Å². The van der Waals surface area contributed by atoms with E-state index in [1.54, 1.807) is 18.3 Å². The number of pyridine rings is 1. The van der Waals surface area contributed by atoms with Gasteiger partial charge in [-0.1, -0.05) is 31.2 Å². The standard InChI is InChI=1S/C31H33F3N2O4/c1-28-13-22(31(32,33)34)20-12-21-26(38)27(39)23(36(2)3)14-29(21)8-9-30(20,40-29)24(28)7-6-19(28)17-5-4-16-11-25(37)35-15-18(16)10-17/h4-6,10-12,15,23-24,26-27,38-39H,7-9,13-14H2,1-3H3,(H,35,37)/t23-,24?,26+,27+,28+,29+,30+/m0/s1. The van der Waals surface area contributed by atoms with Crippen LogP contribution >= 0.6 is 0 Å². The molecule has 2 fully saturated rings. The van der Waals surface area contributed by atoms with Gasteiger partial charge >= 0.3 is 6.18 Å². The first-order chi connectivity index (χ1) is 18.8. The number of hydrogen-bond donors (Lipinski definition) is 3. The average Bonchev–Trinajstić information content (AvgIpc) is 3.40. The van der Waals surface area contributed by atoms with Crippen LogP contribution in [0.1, 0.15) is 44.6 Å². The van der Waals surface area contributed by atoms with E-state index in [9.17, 15) is 28.5 Å². The number of fused-ring (bicyclic) bond motifs is 2. The number of aliphatic hydroxyl groups is 2. The molecule has 40 heavy (non-hydrogen) atoms. The number of halogens is 3. The van der Waals surface area contributed by atoms with Gasteiger partial charge in [0.25, 0.3) is 0 Å². The summed E-state index contributed by atoms with van der Waals surface area (Å²) in [5.41, 5.74) is -1.27. The van der Waals surface area contributed by atoms with Gasteiger partial charge in [-0.3, -0.25) is 0 Å². The van der Waals surface area contributed by atoms with Crippen LogP contribution in [-0.4, -0.2) is 74.9 Å². The zero-order valence-electron chi connectivity index (χ0n) is 22.7. The van der Waals surface area contributed by atoms with Crippen LogP contribution in [0.25, 0.3) is 16.3 Å². The van der Waals surface area contributed by atoms with E-state index >= 15 is 0 Å². The highest BCUT2D eigenvalue weighted by atomic mass is 19.4. The second kappa shape index (κ2) is 8.18. The Morgan fingerprint density at radius 1 is 1.10 bits per heavy atom. The highest BCUT2D eigenvalue weighted by Gasteiger charge is 2.69. The maximum Gasteiger partial charge on any atom is 0.413 e. The number of ether oxygens (including phenoxy) is 1. The number of benzene rings is 1. The molecule has 2 aliphatic heterocycles. The molecule has 3 N–H and O–H groups in total. The Kier molecular flexibility index (Phi) is 5.36. The van der Waals surface area contributed by atoms with Crippen molar-refractivity contribution in [3.05, 3.63) is 64.9 Å². The van der Waals surface area contributed by atoms with Crippen molar-refractivity contribution in [3.8, 4) is 5.88 Å². The van der Waals surface area contributed by atoms with Crippen LogP contribution in [-0.2, 0) is 4.74 Å². The lowest BCUT2D eigenvalue weighted by atomic mass is 9.56. The monoisotopic (exact) mass is 554 g/mol. The highest BCUT2D eigenvalue weighted by Crippen LogP contribution is 2.70. The van der Waals surface area contributed by atoms with Gasteiger partial charge in [-0.05, 0) is 79.9 Å². The molecule has 2 bridgehead atoms. The molecule has 6 nitrogen and oxygen atoms in total. The lowest BCUT2D eigenvalue weighted by Gasteiger charge is -2.57. The lowest BCUT2D eigenvalue weighted by molar-refractivity contribution is -0.170. The van der Waals surface area contributed by atoms with Crippen LogP contribution in [0.4, 0.5) is 13.2 Å². The molecule has 7 rings (SSSR count). The van der Waals surface area contributed by atoms with E-state index in [1.807, 2.05) is 44.1 Å². The fourth-order valence-corrected chi connectivity index (χ4v) is 8.67. The first-order valence-corrected chi connectivity index (χ1v) is 13.8. The number of nitrogens with zero attached hydrogens (tertiary/aromatic N) is 2. The van der Waals surface area contributed by atoms with E-state index in [0.29, 0.717) is 31.3 Å². The predicted molar refractivity (Wildman–Crippen MR) is 143 cm³/mol. The molecule has 0 radical (unpaired) electrons. The number of aliphatic hydroxyl groups excluding tert-OH is 2. The summed E-state index contributed by atoms with van der Waals surface area (Å²) >= 11 is 0. The molecule has 9 heteroatoms. The SMILES string of the molecule is CN(C)[C@H]1C[C@@]23CC[C@@]4(O2)C(=C(C(F)(F)F)C[C@]2(C)C(c5ccc6cc(O)ncc6c5)=CCC24)C=C3[C@@H](O)[C@@H]1O. The van der Waals surface area contributed by atoms with Crippen molar-refractivity contribution in [3.63, 3.8) is 0 Å². The summed E-state index contributed by atoms with van der Waals surface area (Å²) in [6, 6.07) is 6.89. The normalized spacial score (nSPS) is 38.7. The Bertz CT molecular complexity index is 1530. The summed E-state index contributed by atoms with van der Waals surface area (Å²) < 4.78 is 51.6. The topological polar surface area (TPSA) is 86.1 Å². The third-order valence-corrected chi connectivity index (χ3v) is 10.5. The molecular formula is C31H33F3N2O4. The molecule has 7 atom stereocenters. The number of alkyl halides is 3. The quantitative estimate of drug-likeness (QED) is 0.490. The second-order valence-corrected chi connectivity index (χ2v) is 12.8. The van der Waals surface area contributed by atoms with Crippen molar-refractivity contribution in [2.45, 2.75) is 74.7 Å². The van der Waals surface area contributed by atoms with Crippen molar-refractivity contribution < 1.29 is 33.2 Å². The maximum atomic E-state index is 14.9. The Morgan fingerprint density at radius 2 is 1.88 bits per heavy atom. The highest BCUT2D eigenvalue weighted by molar-refractivity contribution is 5.88. The molecule has 1 unspecified atom stereocenters. The predicted octanol–water partition coefficient (Wildman–Crippen LogP) is 4.90. The zero-order chi connectivity index (χ0) is 28.4. The number of likely N-dealkylation sites (N-methyl/N-ethyl adjacent to an activating group) is 1. The van der Waals surface area contributed by atoms with Crippen molar-refractivity contribution in [2.75, 3.05) is 14.1 Å². The summed E-state index contributed by atoms with van der Waals surface area (Å²) in [7, 11) is 3.66. The lowest BCUT2D eigenvalue weighted by Crippen LogP contribution is -2.62. The molecule has 1 saturated carbocycles. The Balaban J connectivity index is 1.38. The van der Waals surface area contributed by atoms with E-state index in [2.05, 4.69) is 11.1 Å². The minimum Gasteiger partial charge on any atom is -0.493 e. The average molecular weight is 555 g/mol. The Labute approximate surface area is 230 Å². The van der Waals surface area contributed by atoms with Gasteiger partial charge in [0.1, 0.15) is 6.10 Å². The van der Waals surface area contributed by atoms with Crippen molar-refractivity contribution in [1.29, 1.82) is 0 Å². The van der Waals surface area contributed by atoms with E-state index in [0.717, 1.165) is 21.9 Å². The number of rotatable bonds is 2. The minimum absolute atomic E-state index is 0.0832. The van der Waals surface area contributed by atoms with E-state index in [1.165, 1.54) is 0 Å². The second-order valence-electron chi connectivity index (χ2n) is 12.8. The van der Waals surface area contributed by atoms with Gasteiger partial charge in [-0.2, -0.15) is 13.2 Å². The molecule has 1 aromatic heterocycles. The van der Waals surface area contributed by atoms with Gasteiger partial charge in [-0.15, -0.1) is 0 Å². The molecule has 212 valence electrons. The molecule has 1 saturated heterocycles. The summed E-state index contributed by atoms with van der Waals surface area (Å²) in [5, 5.41) is 33.4. The van der Waals surface area contributed by atoms with E-state index < -0.39 is 40.6 Å². The molecule has 2 aromatic rings. The van der Waals surface area contributed by atoms with Crippen molar-refractivity contribution in [2.24, 2.45) is 11.3 Å². The van der Waals surface area contributed by atoms with Gasteiger partial charge in [0.2, 0.25) is 5.88 Å². The van der Waals surface area contributed by atoms with Crippen molar-refractivity contribution >= 4 is 16.3 Å². The van der Waals surface area contributed by atoms with Crippen LogP contribution < -0.4 is 0 Å². The van der Waals surface area contributed by atoms with Crippen molar-refractivity contribution in [1.82, 2.24) is 9.88 Å². The molecule has 5 aliphatic rings. The smallest absolute Gasteiger partial charge is 0.413 e. The Hall–Kier alpha value is -2.72. The summed E-state index contributed by atoms with van der Waals surface area (Å²) in [6.07, 6.45) is -0.0938. The van der Waals surface area contributed by atoms with Crippen LogP contribution in [0.2, 0.25) is 0 Å². The van der Waals surface area contributed by atoms with Crippen LogP contribution in [0.3, 0.4) is 0 Å². The van der Waals surface area contributed by atoms with Gasteiger partial charge in [0.15, 0.2) is 0 Å². The first-order valence-electron chi connectivity index (χ1n) is 13.8. The summed E-state index contributed by atoms with van der Waals surface area (Å²) in [5.74, 6) is -0.302. The maximum absolute atomic E-state index is 14.9. The molecule has 0 amide bonds. The van der Waals surface area contributed by atoms with Gasteiger partial charge in [-0.25, -0.2) is 4.98 Å². The van der Waals surface area contributed by atoms with E-state index in [4.69, 9.17) is 4.74 Å². The molecule has 2 spiro atoms. The summed E-state index contributed by atoms with van der Waals surface area (Å²) in [6.45, 7) is 1.93. The Morgan fingerprint density at radius 3 is 2.60 bits per heavy atom. The molecule has 3 heterocycles. The molecule has 1 aromatic carbocycles. The zero-order valence-corrected chi connectivity index (χ0v) is 22.7. The van der Waals surface area contributed by atoms with Gasteiger partial charge < -0.3 is 25.0 Å². The molecular weight excluding hydrogens is 521 g/mol. The molecule has 3 aliphatic carbocycles. The fourth-order valence-electron chi connectivity index (χ4n) is 8.67. The van der Waals surface area contributed by atoms with Crippen LogP contribution in [0.5, 0.6) is 5.88 Å². The number of aromatic hydroxyl groups is 1. The largest absolute Gasteiger partial charge is 0.493 e. The number of allylic oxidation sites excluding steroid dienone is 3. The van der Waals surface area contributed by atoms with Gasteiger partial charge in [0, 0.05) is 40.6 Å². The summed E-state index contributed by atoms with van der Waals surface area (Å²) in [4.78, 5) is 5.84. The first kappa shape index (κ1) is 26.2.